The minimum atomic E-state index is -3.52. The van der Waals surface area contributed by atoms with Gasteiger partial charge in [-0.3, -0.25) is 0 Å². The zero-order valence-electron chi connectivity index (χ0n) is 17.2. The van der Waals surface area contributed by atoms with E-state index in [4.69, 9.17) is 0 Å². The summed E-state index contributed by atoms with van der Waals surface area (Å²) in [5, 5.41) is 12.1. The lowest BCUT2D eigenvalue weighted by molar-refractivity contribution is 0.381. The van der Waals surface area contributed by atoms with Crippen LogP contribution in [0.25, 0.3) is 5.69 Å². The third-order valence-corrected chi connectivity index (χ3v) is 7.59. The first kappa shape index (κ1) is 20.5. The molecule has 3 aromatic rings. The lowest BCUT2D eigenvalue weighted by Crippen LogP contribution is -2.49. The molecule has 1 aliphatic heterocycles. The quantitative estimate of drug-likeness (QED) is 0.603. The van der Waals surface area contributed by atoms with Gasteiger partial charge in [0.05, 0.1) is 10.6 Å². The van der Waals surface area contributed by atoms with Gasteiger partial charge in [0.1, 0.15) is 0 Å². The first-order valence-electron chi connectivity index (χ1n) is 10.2. The number of aromatic nitrogens is 4. The van der Waals surface area contributed by atoms with E-state index in [0.29, 0.717) is 42.9 Å². The number of rotatable bonds is 6. The van der Waals surface area contributed by atoms with Crippen molar-refractivity contribution in [1.82, 2.24) is 24.5 Å². The molecule has 1 aliphatic rings. The highest BCUT2D eigenvalue weighted by Crippen LogP contribution is 2.24. The van der Waals surface area contributed by atoms with E-state index >= 15 is 0 Å². The van der Waals surface area contributed by atoms with Crippen LogP contribution in [0.15, 0.2) is 59.5 Å². The Morgan fingerprint density at radius 1 is 0.967 bits per heavy atom. The maximum atomic E-state index is 13.1. The van der Waals surface area contributed by atoms with Gasteiger partial charge in [0, 0.05) is 26.2 Å². The summed E-state index contributed by atoms with van der Waals surface area (Å²) in [6.45, 7) is 6.09. The number of benzene rings is 2. The molecule has 2 aromatic carbocycles. The predicted octanol–water partition coefficient (Wildman–Crippen LogP) is 2.69. The predicted molar refractivity (Wildman–Crippen MR) is 115 cm³/mol. The number of anilines is 1. The van der Waals surface area contributed by atoms with E-state index in [1.807, 2.05) is 47.4 Å². The van der Waals surface area contributed by atoms with Crippen molar-refractivity contribution in [3.63, 3.8) is 0 Å². The van der Waals surface area contributed by atoms with Crippen molar-refractivity contribution < 1.29 is 8.42 Å². The van der Waals surface area contributed by atoms with Crippen molar-refractivity contribution in [3.05, 3.63) is 60.2 Å². The van der Waals surface area contributed by atoms with E-state index in [9.17, 15) is 8.42 Å². The molecule has 1 aromatic heterocycles. The van der Waals surface area contributed by atoms with Crippen molar-refractivity contribution in [2.45, 2.75) is 31.1 Å². The van der Waals surface area contributed by atoms with Crippen LogP contribution in [0, 0.1) is 0 Å². The molecule has 158 valence electrons. The fourth-order valence-corrected chi connectivity index (χ4v) is 5.02. The van der Waals surface area contributed by atoms with Crippen LogP contribution in [0.4, 0.5) is 5.95 Å². The van der Waals surface area contributed by atoms with Crippen LogP contribution in [-0.4, -0.2) is 59.1 Å². The molecule has 1 atom stereocenters. The lowest BCUT2D eigenvalue weighted by atomic mass is 9.99. The number of piperazine rings is 1. The minimum Gasteiger partial charge on any atom is -0.337 e. The van der Waals surface area contributed by atoms with Crippen LogP contribution < -0.4 is 4.90 Å². The molecule has 0 radical (unpaired) electrons. The summed E-state index contributed by atoms with van der Waals surface area (Å²) >= 11 is 0. The number of tetrazole rings is 1. The fraction of sp³-hybridized carbons (Fsp3) is 0.381. The molecule has 9 heteroatoms. The first-order chi connectivity index (χ1) is 14.5. The standard InChI is InChI=1S/C21H26N6O2S/c1-3-17(2)18-9-11-20(12-10-18)30(28,29)26-15-13-25(14-16-26)21-22-23-24-27(21)19-7-5-4-6-8-19/h4-12,17H,3,13-16H2,1-2H3/t17-/m1/s1. The zero-order chi connectivity index (χ0) is 21.1. The monoisotopic (exact) mass is 426 g/mol. The van der Waals surface area contributed by atoms with Crippen molar-refractivity contribution >= 4 is 16.0 Å². The second-order valence-electron chi connectivity index (χ2n) is 7.50. The summed E-state index contributed by atoms with van der Waals surface area (Å²) in [7, 11) is -3.52. The number of para-hydroxylation sites is 1. The van der Waals surface area contributed by atoms with Gasteiger partial charge in [-0.2, -0.15) is 8.99 Å². The lowest BCUT2D eigenvalue weighted by Gasteiger charge is -2.34. The van der Waals surface area contributed by atoms with Crippen LogP contribution in [0.3, 0.4) is 0 Å². The fourth-order valence-electron chi connectivity index (χ4n) is 3.60. The Balaban J connectivity index is 1.47. The van der Waals surface area contributed by atoms with Crippen molar-refractivity contribution in [2.24, 2.45) is 0 Å². The van der Waals surface area contributed by atoms with E-state index in [0.717, 1.165) is 17.7 Å². The SMILES string of the molecule is CC[C@@H](C)c1ccc(S(=O)(=O)N2CCN(c3nnnn3-c3ccccc3)CC2)cc1. The van der Waals surface area contributed by atoms with Gasteiger partial charge in [-0.1, -0.05) is 49.3 Å². The van der Waals surface area contributed by atoms with E-state index < -0.39 is 10.0 Å². The molecule has 0 bridgehead atoms. The molecule has 1 saturated heterocycles. The summed E-state index contributed by atoms with van der Waals surface area (Å²) in [4.78, 5) is 2.36. The Labute approximate surface area is 177 Å². The molecular weight excluding hydrogens is 400 g/mol. The zero-order valence-corrected chi connectivity index (χ0v) is 18.0. The maximum absolute atomic E-state index is 13.1. The number of hydrogen-bond donors (Lipinski definition) is 0. The average Bonchev–Trinajstić information content (AvgIpc) is 3.29. The molecule has 0 N–H and O–H groups in total. The molecule has 0 aliphatic carbocycles. The van der Waals surface area contributed by atoms with Gasteiger partial charge in [-0.25, -0.2) is 8.42 Å². The first-order valence-corrected chi connectivity index (χ1v) is 11.6. The molecule has 4 rings (SSSR count). The molecule has 2 heterocycles. The molecule has 0 spiro atoms. The smallest absolute Gasteiger partial charge is 0.250 e. The Bertz CT molecular complexity index is 1070. The molecule has 0 amide bonds. The van der Waals surface area contributed by atoms with Crippen molar-refractivity contribution in [3.8, 4) is 5.69 Å². The van der Waals surface area contributed by atoms with Crippen LogP contribution in [0.2, 0.25) is 0 Å². The molecule has 30 heavy (non-hydrogen) atoms. The summed E-state index contributed by atoms with van der Waals surface area (Å²) in [5.41, 5.74) is 2.03. The van der Waals surface area contributed by atoms with Crippen LogP contribution in [-0.2, 0) is 10.0 Å². The van der Waals surface area contributed by atoms with Gasteiger partial charge in [0.15, 0.2) is 0 Å². The second-order valence-corrected chi connectivity index (χ2v) is 9.43. The topological polar surface area (TPSA) is 84.2 Å². The van der Waals surface area contributed by atoms with Gasteiger partial charge in [0.2, 0.25) is 16.0 Å². The van der Waals surface area contributed by atoms with Crippen LogP contribution in [0.1, 0.15) is 31.7 Å². The summed E-state index contributed by atoms with van der Waals surface area (Å²) in [6.07, 6.45) is 1.02. The van der Waals surface area contributed by atoms with E-state index in [-0.39, 0.29) is 0 Å². The highest BCUT2D eigenvalue weighted by Gasteiger charge is 2.30. The summed E-state index contributed by atoms with van der Waals surface area (Å²) in [5.74, 6) is 1.04. The highest BCUT2D eigenvalue weighted by atomic mass is 32.2. The van der Waals surface area contributed by atoms with Crippen LogP contribution >= 0.6 is 0 Å². The molecule has 0 saturated carbocycles. The molecule has 1 fully saturated rings. The third kappa shape index (κ3) is 3.95. The van der Waals surface area contributed by atoms with Gasteiger partial charge in [0.25, 0.3) is 0 Å². The Morgan fingerprint density at radius 3 is 2.27 bits per heavy atom. The van der Waals surface area contributed by atoms with Crippen LogP contribution in [0.5, 0.6) is 0 Å². The average molecular weight is 427 g/mol. The highest BCUT2D eigenvalue weighted by molar-refractivity contribution is 7.89. The third-order valence-electron chi connectivity index (χ3n) is 5.67. The summed E-state index contributed by atoms with van der Waals surface area (Å²) < 4.78 is 29.4. The largest absolute Gasteiger partial charge is 0.337 e. The maximum Gasteiger partial charge on any atom is 0.250 e. The van der Waals surface area contributed by atoms with Gasteiger partial charge >= 0.3 is 0 Å². The minimum absolute atomic E-state index is 0.345. The van der Waals surface area contributed by atoms with Gasteiger partial charge in [-0.15, -0.1) is 0 Å². The Kier molecular flexibility index (Phi) is 5.83. The second kappa shape index (κ2) is 8.53. The Morgan fingerprint density at radius 2 is 1.63 bits per heavy atom. The number of nitrogens with zero attached hydrogens (tertiary/aromatic N) is 6. The molecule has 0 unspecified atom stereocenters. The summed E-state index contributed by atoms with van der Waals surface area (Å²) in [6, 6.07) is 16.9. The van der Waals surface area contributed by atoms with E-state index in [1.54, 1.807) is 21.1 Å². The van der Waals surface area contributed by atoms with Gasteiger partial charge in [-0.05, 0) is 52.6 Å². The van der Waals surface area contributed by atoms with Crippen molar-refractivity contribution in [2.75, 3.05) is 31.1 Å². The Hall–Kier alpha value is -2.78. The van der Waals surface area contributed by atoms with Crippen molar-refractivity contribution in [1.29, 1.82) is 0 Å². The number of hydrogen-bond acceptors (Lipinski definition) is 6. The molecular formula is C21H26N6O2S. The van der Waals surface area contributed by atoms with E-state index in [1.165, 1.54) is 0 Å². The van der Waals surface area contributed by atoms with Gasteiger partial charge < -0.3 is 4.90 Å². The molecule has 8 nitrogen and oxygen atoms in total. The normalized spacial score (nSPS) is 16.5. The number of sulfonamides is 1. The van der Waals surface area contributed by atoms with E-state index in [2.05, 4.69) is 29.4 Å².